The highest BCUT2D eigenvalue weighted by Gasteiger charge is 2.19. The van der Waals surface area contributed by atoms with Crippen molar-refractivity contribution in [3.63, 3.8) is 0 Å². The Bertz CT molecular complexity index is 618. The average Bonchev–Trinajstić information content (AvgIpc) is 2.55. The molecule has 3 nitrogen and oxygen atoms in total. The van der Waals surface area contributed by atoms with Crippen LogP contribution in [0.25, 0.3) is 0 Å². The van der Waals surface area contributed by atoms with Gasteiger partial charge in [-0.3, -0.25) is 0 Å². The number of aliphatic hydroxyl groups is 1. The van der Waals surface area contributed by atoms with Crippen molar-refractivity contribution in [2.45, 2.75) is 25.0 Å². The lowest BCUT2D eigenvalue weighted by molar-refractivity contribution is 0.146. The van der Waals surface area contributed by atoms with Gasteiger partial charge in [-0.25, -0.2) is 0 Å². The number of fused-ring (bicyclic) bond motifs is 1. The summed E-state index contributed by atoms with van der Waals surface area (Å²) >= 11 is 2.33. The maximum atomic E-state index is 10.1. The normalized spacial score (nSPS) is 18.4. The summed E-state index contributed by atoms with van der Waals surface area (Å²) in [6.07, 6.45) is 1.77. The van der Waals surface area contributed by atoms with Gasteiger partial charge in [0.25, 0.3) is 0 Å². The fraction of sp³-hybridized carbons (Fsp3) is 0.333. The maximum Gasteiger partial charge on any atom is 0.123 e. The van der Waals surface area contributed by atoms with Gasteiger partial charge in [-0.2, -0.15) is 0 Å². The van der Waals surface area contributed by atoms with Gasteiger partial charge in [0.2, 0.25) is 0 Å². The van der Waals surface area contributed by atoms with Gasteiger partial charge in [-0.1, -0.05) is 30.3 Å². The summed E-state index contributed by atoms with van der Waals surface area (Å²) in [5, 5.41) is 13.5. The fourth-order valence-electron chi connectivity index (χ4n) is 2.73. The number of rotatable bonds is 5. The first-order valence-corrected chi connectivity index (χ1v) is 8.69. The zero-order valence-electron chi connectivity index (χ0n) is 12.3. The van der Waals surface area contributed by atoms with Crippen LogP contribution in [0, 0.1) is 3.57 Å². The molecule has 4 heteroatoms. The van der Waals surface area contributed by atoms with Gasteiger partial charge in [-0.05, 0) is 64.8 Å². The van der Waals surface area contributed by atoms with Gasteiger partial charge < -0.3 is 15.2 Å². The molecule has 2 N–H and O–H groups in total. The first kappa shape index (κ1) is 15.8. The van der Waals surface area contributed by atoms with Crippen molar-refractivity contribution >= 4 is 22.6 Å². The predicted octanol–water partition coefficient (Wildman–Crippen LogP) is 3.31. The van der Waals surface area contributed by atoms with E-state index in [2.05, 4.69) is 46.1 Å². The second kappa shape index (κ2) is 7.44. The number of aryl methyl sites for hydroxylation is 1. The summed E-state index contributed by atoms with van der Waals surface area (Å²) in [4.78, 5) is 0. The van der Waals surface area contributed by atoms with E-state index in [1.54, 1.807) is 0 Å². The minimum Gasteiger partial charge on any atom is -0.489 e. The summed E-state index contributed by atoms with van der Waals surface area (Å²) in [5.41, 5.74) is 2.24. The van der Waals surface area contributed by atoms with E-state index < -0.39 is 6.10 Å². The summed E-state index contributed by atoms with van der Waals surface area (Å²) in [6.45, 7) is 1.30. The number of aliphatic hydroxyl groups excluding tert-OH is 1. The molecule has 0 bridgehead atoms. The third-order valence-corrected chi connectivity index (χ3v) is 4.62. The molecule has 22 heavy (non-hydrogen) atoms. The van der Waals surface area contributed by atoms with Gasteiger partial charge >= 0.3 is 0 Å². The lowest BCUT2D eigenvalue weighted by Gasteiger charge is -2.27. The van der Waals surface area contributed by atoms with Crippen LogP contribution in [0.1, 0.15) is 23.7 Å². The SMILES string of the molecule is OC(CNCC1CCc2cc(I)ccc2O1)c1ccccc1. The summed E-state index contributed by atoms with van der Waals surface area (Å²) < 4.78 is 7.28. The largest absolute Gasteiger partial charge is 0.489 e. The Kier molecular flexibility index (Phi) is 5.33. The van der Waals surface area contributed by atoms with E-state index in [9.17, 15) is 5.11 Å². The third-order valence-electron chi connectivity index (χ3n) is 3.95. The minimum atomic E-state index is -0.473. The first-order valence-electron chi connectivity index (χ1n) is 7.61. The van der Waals surface area contributed by atoms with Crippen LogP contribution in [0.3, 0.4) is 0 Å². The molecule has 0 fully saturated rings. The van der Waals surface area contributed by atoms with Crippen LogP contribution in [0.15, 0.2) is 48.5 Å². The van der Waals surface area contributed by atoms with Crippen molar-refractivity contribution in [3.05, 3.63) is 63.2 Å². The van der Waals surface area contributed by atoms with Crippen LogP contribution in [-0.4, -0.2) is 24.3 Å². The summed E-state index contributed by atoms with van der Waals surface area (Å²) in [5.74, 6) is 1.00. The zero-order valence-corrected chi connectivity index (χ0v) is 14.5. The van der Waals surface area contributed by atoms with Crippen LogP contribution in [0.5, 0.6) is 5.75 Å². The molecule has 0 saturated carbocycles. The van der Waals surface area contributed by atoms with Gasteiger partial charge in [0.1, 0.15) is 11.9 Å². The predicted molar refractivity (Wildman–Crippen MR) is 96.2 cm³/mol. The molecule has 2 atom stereocenters. The van der Waals surface area contributed by atoms with E-state index in [1.165, 1.54) is 9.13 Å². The molecule has 0 saturated heterocycles. The maximum absolute atomic E-state index is 10.1. The van der Waals surface area contributed by atoms with Crippen LogP contribution < -0.4 is 10.1 Å². The van der Waals surface area contributed by atoms with E-state index in [-0.39, 0.29) is 6.10 Å². The Labute approximate surface area is 144 Å². The van der Waals surface area contributed by atoms with E-state index in [4.69, 9.17) is 4.74 Å². The van der Waals surface area contributed by atoms with Crippen molar-refractivity contribution in [1.82, 2.24) is 5.32 Å². The molecule has 1 heterocycles. The summed E-state index contributed by atoms with van der Waals surface area (Å²) in [6, 6.07) is 16.1. The van der Waals surface area contributed by atoms with Crippen LogP contribution >= 0.6 is 22.6 Å². The van der Waals surface area contributed by atoms with Crippen molar-refractivity contribution in [2.24, 2.45) is 0 Å². The molecule has 2 unspecified atom stereocenters. The Hall–Kier alpha value is -1.11. The molecule has 2 aromatic carbocycles. The minimum absolute atomic E-state index is 0.176. The Balaban J connectivity index is 1.48. The molecular weight excluding hydrogens is 389 g/mol. The topological polar surface area (TPSA) is 41.5 Å². The lowest BCUT2D eigenvalue weighted by Crippen LogP contribution is -2.36. The zero-order chi connectivity index (χ0) is 15.4. The Morgan fingerprint density at radius 2 is 2.05 bits per heavy atom. The lowest BCUT2D eigenvalue weighted by atomic mass is 10.0. The van der Waals surface area contributed by atoms with Gasteiger partial charge in [0.15, 0.2) is 0 Å². The number of nitrogens with one attached hydrogen (secondary N) is 1. The van der Waals surface area contributed by atoms with Gasteiger partial charge in [-0.15, -0.1) is 0 Å². The monoisotopic (exact) mass is 409 g/mol. The highest BCUT2D eigenvalue weighted by molar-refractivity contribution is 14.1. The van der Waals surface area contributed by atoms with Crippen LogP contribution in [-0.2, 0) is 6.42 Å². The van der Waals surface area contributed by atoms with E-state index in [0.29, 0.717) is 6.54 Å². The second-order valence-corrected chi connectivity index (χ2v) is 6.86. The molecule has 2 aromatic rings. The third kappa shape index (κ3) is 4.00. The highest BCUT2D eigenvalue weighted by Crippen LogP contribution is 2.28. The molecule has 1 aliphatic rings. The number of halogens is 1. The van der Waals surface area contributed by atoms with E-state index >= 15 is 0 Å². The first-order chi connectivity index (χ1) is 10.7. The molecule has 0 radical (unpaired) electrons. The average molecular weight is 409 g/mol. The van der Waals surface area contributed by atoms with Crippen molar-refractivity contribution in [2.75, 3.05) is 13.1 Å². The number of hydrogen-bond donors (Lipinski definition) is 2. The molecule has 116 valence electrons. The molecule has 0 spiro atoms. The molecular formula is C18H20INO2. The smallest absolute Gasteiger partial charge is 0.123 e. The number of hydrogen-bond acceptors (Lipinski definition) is 3. The Morgan fingerprint density at radius 1 is 1.23 bits per heavy atom. The van der Waals surface area contributed by atoms with Crippen LogP contribution in [0.4, 0.5) is 0 Å². The van der Waals surface area contributed by atoms with Crippen molar-refractivity contribution in [3.8, 4) is 5.75 Å². The number of benzene rings is 2. The van der Waals surface area contributed by atoms with Gasteiger partial charge in [0, 0.05) is 16.7 Å². The molecule has 3 rings (SSSR count). The second-order valence-electron chi connectivity index (χ2n) is 5.62. The van der Waals surface area contributed by atoms with E-state index in [1.807, 2.05) is 30.3 Å². The van der Waals surface area contributed by atoms with E-state index in [0.717, 1.165) is 30.7 Å². The molecule has 0 aliphatic carbocycles. The standard InChI is InChI=1S/C18H20INO2/c19-15-7-9-18-14(10-15)6-8-16(22-18)11-20-12-17(21)13-4-2-1-3-5-13/h1-5,7,9-10,16-17,20-21H,6,8,11-12H2. The van der Waals surface area contributed by atoms with Crippen molar-refractivity contribution < 1.29 is 9.84 Å². The quantitative estimate of drug-likeness (QED) is 0.745. The van der Waals surface area contributed by atoms with Crippen LogP contribution in [0.2, 0.25) is 0 Å². The Morgan fingerprint density at radius 3 is 2.86 bits per heavy atom. The summed E-state index contributed by atoms with van der Waals surface area (Å²) in [7, 11) is 0. The number of ether oxygens (including phenoxy) is 1. The molecule has 1 aliphatic heterocycles. The molecule has 0 aromatic heterocycles. The molecule has 0 amide bonds. The van der Waals surface area contributed by atoms with Crippen molar-refractivity contribution in [1.29, 1.82) is 0 Å². The fourth-order valence-corrected chi connectivity index (χ4v) is 3.29. The highest BCUT2D eigenvalue weighted by atomic mass is 127. The van der Waals surface area contributed by atoms with Gasteiger partial charge in [0.05, 0.1) is 6.10 Å².